The van der Waals surface area contributed by atoms with E-state index in [1.807, 2.05) is 0 Å². The zero-order valence-electron chi connectivity index (χ0n) is 16.4. The van der Waals surface area contributed by atoms with Crippen LogP contribution in [0.4, 0.5) is 10.1 Å². The van der Waals surface area contributed by atoms with Gasteiger partial charge in [0.15, 0.2) is 0 Å². The Bertz CT molecular complexity index is 1060. The molecule has 0 fully saturated rings. The minimum absolute atomic E-state index is 0.00427. The quantitative estimate of drug-likeness (QED) is 0.436. The van der Waals surface area contributed by atoms with Gasteiger partial charge >= 0.3 is 5.97 Å². The topological polar surface area (TPSA) is 147 Å². The molecule has 0 aliphatic heterocycles. The van der Waals surface area contributed by atoms with Crippen molar-refractivity contribution in [2.24, 2.45) is 5.73 Å². The number of benzene rings is 1. The van der Waals surface area contributed by atoms with Crippen LogP contribution < -0.4 is 11.3 Å². The zero-order chi connectivity index (χ0) is 22.1. The monoisotopic (exact) mass is 408 g/mol. The average Bonchev–Trinajstić information content (AvgIpc) is 2.54. The Labute approximate surface area is 164 Å². The maximum atomic E-state index is 13.7. The Morgan fingerprint density at radius 1 is 1.38 bits per heavy atom. The summed E-state index contributed by atoms with van der Waals surface area (Å²) >= 11 is 0. The van der Waals surface area contributed by atoms with Crippen LogP contribution in [0.1, 0.15) is 45.5 Å². The van der Waals surface area contributed by atoms with Crippen molar-refractivity contribution in [3.63, 3.8) is 0 Å². The molecule has 1 aromatic carbocycles. The number of hydrogen-bond acceptors (Lipinski definition) is 7. The Kier molecular flexibility index (Phi) is 6.00. The number of rotatable bonds is 6. The van der Waals surface area contributed by atoms with Crippen molar-refractivity contribution in [3.8, 4) is 0 Å². The predicted molar refractivity (Wildman–Crippen MR) is 101 cm³/mol. The summed E-state index contributed by atoms with van der Waals surface area (Å²) in [5.41, 5.74) is 2.76. The van der Waals surface area contributed by atoms with E-state index < -0.39 is 50.9 Å². The molecule has 0 radical (unpaired) electrons. The van der Waals surface area contributed by atoms with E-state index in [4.69, 9.17) is 10.5 Å². The van der Waals surface area contributed by atoms with Crippen molar-refractivity contribution >= 4 is 28.5 Å². The number of hydrogen-bond donors (Lipinski definition) is 1. The number of primary amides is 1. The summed E-state index contributed by atoms with van der Waals surface area (Å²) in [7, 11) is 0. The third-order valence-corrected chi connectivity index (χ3v) is 4.00. The molecule has 0 unspecified atom stereocenters. The number of halogens is 1. The fraction of sp³-hybridized carbons (Fsp3) is 0.444. The van der Waals surface area contributed by atoms with Crippen molar-refractivity contribution < 1.29 is 23.6 Å². The highest BCUT2D eigenvalue weighted by Gasteiger charge is 2.28. The molecule has 2 aromatic rings. The van der Waals surface area contributed by atoms with Crippen LogP contribution in [-0.2, 0) is 14.3 Å². The molecule has 0 spiro atoms. The second-order valence-corrected chi connectivity index (χ2v) is 7.45. The van der Waals surface area contributed by atoms with Gasteiger partial charge in [-0.3, -0.25) is 29.1 Å². The number of amides is 1. The van der Waals surface area contributed by atoms with E-state index >= 15 is 0 Å². The lowest BCUT2D eigenvalue weighted by Gasteiger charge is -2.22. The molecule has 0 aliphatic rings. The number of fused-ring (bicyclic) bond motifs is 1. The minimum atomic E-state index is -1.29. The van der Waals surface area contributed by atoms with Crippen LogP contribution in [0.2, 0.25) is 0 Å². The summed E-state index contributed by atoms with van der Waals surface area (Å²) in [5, 5.41) is 10.8. The molecule has 0 aliphatic carbocycles. The van der Waals surface area contributed by atoms with Gasteiger partial charge < -0.3 is 10.5 Å². The lowest BCUT2D eigenvalue weighted by molar-refractivity contribution is -0.383. The average molecular weight is 408 g/mol. The molecule has 11 heteroatoms. The Hall–Kier alpha value is -3.37. The van der Waals surface area contributed by atoms with Crippen molar-refractivity contribution in [1.82, 2.24) is 9.55 Å². The SMILES string of the molecule is Cc1nc2cc(F)cc([N+](=O)[O-])c2c(=O)n1[C@@H](CCC(=O)OC(C)(C)C)C(N)=O. The van der Waals surface area contributed by atoms with Gasteiger partial charge in [0, 0.05) is 12.5 Å². The van der Waals surface area contributed by atoms with Gasteiger partial charge in [0.1, 0.15) is 28.7 Å². The first-order valence-electron chi connectivity index (χ1n) is 8.69. The molecule has 1 aromatic heterocycles. The van der Waals surface area contributed by atoms with Crippen LogP contribution in [0.25, 0.3) is 10.9 Å². The number of nitrogens with two attached hydrogens (primary N) is 1. The molecule has 2 rings (SSSR count). The summed E-state index contributed by atoms with van der Waals surface area (Å²) in [5.74, 6) is -2.46. The summed E-state index contributed by atoms with van der Waals surface area (Å²) in [6.45, 7) is 6.41. The number of carbonyl (C=O) groups excluding carboxylic acids is 2. The first-order valence-corrected chi connectivity index (χ1v) is 8.69. The number of esters is 1. The third kappa shape index (κ3) is 4.92. The lowest BCUT2D eigenvalue weighted by Crippen LogP contribution is -2.36. The van der Waals surface area contributed by atoms with Crippen LogP contribution in [0.3, 0.4) is 0 Å². The van der Waals surface area contributed by atoms with E-state index in [1.165, 1.54) is 6.92 Å². The number of nitro groups is 1. The van der Waals surface area contributed by atoms with Gasteiger partial charge in [-0.2, -0.15) is 0 Å². The van der Waals surface area contributed by atoms with Gasteiger partial charge in [0.25, 0.3) is 11.2 Å². The molecular formula is C18H21FN4O6. The van der Waals surface area contributed by atoms with Crippen LogP contribution in [0.5, 0.6) is 0 Å². The Morgan fingerprint density at radius 2 is 2.00 bits per heavy atom. The maximum Gasteiger partial charge on any atom is 0.306 e. The van der Waals surface area contributed by atoms with E-state index in [-0.39, 0.29) is 24.2 Å². The summed E-state index contributed by atoms with van der Waals surface area (Å²) in [6, 6.07) is 0.197. The van der Waals surface area contributed by atoms with Crippen molar-refractivity contribution in [3.05, 3.63) is 44.2 Å². The molecule has 156 valence electrons. The summed E-state index contributed by atoms with van der Waals surface area (Å²) < 4.78 is 19.7. The maximum absolute atomic E-state index is 13.7. The smallest absolute Gasteiger partial charge is 0.306 e. The largest absolute Gasteiger partial charge is 0.460 e. The number of aromatic nitrogens is 2. The second kappa shape index (κ2) is 7.94. The highest BCUT2D eigenvalue weighted by molar-refractivity contribution is 5.88. The first kappa shape index (κ1) is 21.9. The van der Waals surface area contributed by atoms with Crippen LogP contribution in [-0.4, -0.2) is 32.0 Å². The third-order valence-electron chi connectivity index (χ3n) is 4.00. The Balaban J connectivity index is 2.56. The van der Waals surface area contributed by atoms with Gasteiger partial charge in [-0.05, 0) is 34.1 Å². The van der Waals surface area contributed by atoms with Crippen molar-refractivity contribution in [2.75, 3.05) is 0 Å². The fourth-order valence-electron chi connectivity index (χ4n) is 2.94. The number of non-ortho nitro benzene ring substituents is 1. The van der Waals surface area contributed by atoms with Crippen LogP contribution in [0.15, 0.2) is 16.9 Å². The normalized spacial score (nSPS) is 12.6. The van der Waals surface area contributed by atoms with E-state index in [0.29, 0.717) is 6.07 Å². The molecule has 1 heterocycles. The minimum Gasteiger partial charge on any atom is -0.460 e. The first-order chi connectivity index (χ1) is 13.3. The number of aryl methyl sites for hydroxylation is 1. The molecule has 0 bridgehead atoms. The molecule has 10 nitrogen and oxygen atoms in total. The summed E-state index contributed by atoms with van der Waals surface area (Å²) in [4.78, 5) is 51.3. The molecule has 29 heavy (non-hydrogen) atoms. The van der Waals surface area contributed by atoms with Gasteiger partial charge in [-0.1, -0.05) is 0 Å². The van der Waals surface area contributed by atoms with E-state index in [9.17, 15) is 28.9 Å². The number of carbonyl (C=O) groups is 2. The highest BCUT2D eigenvalue weighted by atomic mass is 19.1. The van der Waals surface area contributed by atoms with Crippen molar-refractivity contribution in [1.29, 1.82) is 0 Å². The number of ether oxygens (including phenoxy) is 1. The highest BCUT2D eigenvalue weighted by Crippen LogP contribution is 2.25. The molecule has 0 saturated carbocycles. The van der Waals surface area contributed by atoms with Gasteiger partial charge in [0.05, 0.1) is 16.5 Å². The van der Waals surface area contributed by atoms with E-state index in [0.717, 1.165) is 10.6 Å². The molecular weight excluding hydrogens is 387 g/mol. The molecule has 0 saturated heterocycles. The molecule has 1 amide bonds. The van der Waals surface area contributed by atoms with Crippen molar-refractivity contribution in [2.45, 2.75) is 52.2 Å². The number of nitro benzene ring substituents is 1. The lowest BCUT2D eigenvalue weighted by atomic mass is 10.1. The van der Waals surface area contributed by atoms with Crippen LogP contribution in [0, 0.1) is 22.9 Å². The fourth-order valence-corrected chi connectivity index (χ4v) is 2.94. The van der Waals surface area contributed by atoms with Gasteiger partial charge in [-0.15, -0.1) is 0 Å². The van der Waals surface area contributed by atoms with Gasteiger partial charge in [0.2, 0.25) is 5.91 Å². The predicted octanol–water partition coefficient (Wildman–Crippen LogP) is 1.90. The van der Waals surface area contributed by atoms with Crippen LogP contribution >= 0.6 is 0 Å². The van der Waals surface area contributed by atoms with Gasteiger partial charge in [-0.25, -0.2) is 9.37 Å². The second-order valence-electron chi connectivity index (χ2n) is 7.45. The Morgan fingerprint density at radius 3 is 2.52 bits per heavy atom. The number of nitrogens with zero attached hydrogens (tertiary/aromatic N) is 3. The summed E-state index contributed by atoms with van der Waals surface area (Å²) in [6.07, 6.45) is -0.395. The van der Waals surface area contributed by atoms with E-state index in [1.54, 1.807) is 20.8 Å². The molecule has 1 atom stereocenters. The van der Waals surface area contributed by atoms with E-state index in [2.05, 4.69) is 4.98 Å². The standard InChI is InChI=1S/C18H21FN4O6/c1-9-21-11-7-10(19)8-13(23(27)28)15(11)17(26)22(9)12(16(20)25)5-6-14(24)29-18(2,3)4/h7-8,12H,5-6H2,1-4H3,(H2,20,25)/t12-/m0/s1. The molecule has 2 N–H and O–H groups in total. The zero-order valence-corrected chi connectivity index (χ0v) is 16.4.